The van der Waals surface area contributed by atoms with Crippen LogP contribution in [0.25, 0.3) is 11.0 Å². The number of nitrogens with one attached hydrogen (secondary N) is 2. The van der Waals surface area contributed by atoms with Gasteiger partial charge in [-0.05, 0) is 45.4 Å². The minimum Gasteiger partial charge on any atom is -0.464 e. The molecule has 2 aromatic rings. The molecule has 25 heavy (non-hydrogen) atoms. The summed E-state index contributed by atoms with van der Waals surface area (Å²) in [5.41, 5.74) is 1.25. The molecule has 1 aromatic carbocycles. The van der Waals surface area contributed by atoms with E-state index >= 15 is 0 Å². The number of piperidine rings is 1. The maximum absolute atomic E-state index is 12.1. The number of imide groups is 1. The van der Waals surface area contributed by atoms with Crippen LogP contribution in [-0.2, 0) is 14.3 Å². The van der Waals surface area contributed by atoms with E-state index in [2.05, 4.69) is 10.6 Å². The van der Waals surface area contributed by atoms with E-state index in [1.165, 1.54) is 6.26 Å². The van der Waals surface area contributed by atoms with Crippen LogP contribution >= 0.6 is 0 Å². The van der Waals surface area contributed by atoms with Gasteiger partial charge in [0.15, 0.2) is 0 Å². The quantitative estimate of drug-likeness (QED) is 0.815. The topological polar surface area (TPSA) is 97.6 Å². The summed E-state index contributed by atoms with van der Waals surface area (Å²) >= 11 is 0. The van der Waals surface area contributed by atoms with Gasteiger partial charge in [0.2, 0.25) is 11.8 Å². The van der Waals surface area contributed by atoms with E-state index in [0.717, 1.165) is 5.39 Å². The fourth-order valence-corrected chi connectivity index (χ4v) is 2.81. The van der Waals surface area contributed by atoms with Crippen molar-refractivity contribution in [3.63, 3.8) is 0 Å². The number of carbonyl (C=O) groups is 3. The van der Waals surface area contributed by atoms with Gasteiger partial charge in [-0.25, -0.2) is 4.79 Å². The van der Waals surface area contributed by atoms with Crippen LogP contribution in [0.15, 0.2) is 28.9 Å². The number of fused-ring (bicyclic) bond motifs is 1. The Balaban J connectivity index is 1.86. The highest BCUT2D eigenvalue weighted by Crippen LogP contribution is 2.34. The van der Waals surface area contributed by atoms with Crippen LogP contribution in [0.4, 0.5) is 10.5 Å². The summed E-state index contributed by atoms with van der Waals surface area (Å²) in [5.74, 6) is -1.04. The zero-order valence-corrected chi connectivity index (χ0v) is 14.3. The van der Waals surface area contributed by atoms with E-state index in [1.54, 1.807) is 39.0 Å². The van der Waals surface area contributed by atoms with Gasteiger partial charge in [0.1, 0.15) is 11.2 Å². The van der Waals surface area contributed by atoms with Crippen LogP contribution in [0.5, 0.6) is 0 Å². The number of hydrogen-bond donors (Lipinski definition) is 2. The smallest absolute Gasteiger partial charge is 0.412 e. The molecule has 7 heteroatoms. The summed E-state index contributed by atoms with van der Waals surface area (Å²) in [6.07, 6.45) is 1.70. The number of benzene rings is 1. The number of hydrogen-bond acceptors (Lipinski definition) is 5. The second kappa shape index (κ2) is 6.23. The van der Waals surface area contributed by atoms with Crippen LogP contribution in [0.1, 0.15) is 45.1 Å². The predicted molar refractivity (Wildman–Crippen MR) is 91.2 cm³/mol. The van der Waals surface area contributed by atoms with Gasteiger partial charge in [-0.1, -0.05) is 0 Å². The van der Waals surface area contributed by atoms with Crippen LogP contribution in [-0.4, -0.2) is 23.5 Å². The van der Waals surface area contributed by atoms with Gasteiger partial charge >= 0.3 is 6.09 Å². The predicted octanol–water partition coefficient (Wildman–Crippen LogP) is 3.30. The van der Waals surface area contributed by atoms with Crippen molar-refractivity contribution < 1.29 is 23.5 Å². The maximum atomic E-state index is 12.1. The van der Waals surface area contributed by atoms with E-state index < -0.39 is 17.6 Å². The highest BCUT2D eigenvalue weighted by molar-refractivity contribution is 6.03. The number of rotatable bonds is 2. The first kappa shape index (κ1) is 17.0. The Hall–Kier alpha value is -2.83. The largest absolute Gasteiger partial charge is 0.464 e. The standard InChI is InChI=1S/C18H20N2O5/c1-18(2,3)25-17(23)19-10-4-6-14-12(8-10)13(9-24-14)11-5-7-15(21)20-16(11)22/h4,6,8-9,11H,5,7H2,1-3H3,(H,19,23)(H,20,21,22). The maximum Gasteiger partial charge on any atom is 0.412 e. The Morgan fingerprint density at radius 1 is 1.32 bits per heavy atom. The first-order chi connectivity index (χ1) is 11.7. The summed E-state index contributed by atoms with van der Waals surface area (Å²) in [7, 11) is 0. The monoisotopic (exact) mass is 344 g/mol. The van der Waals surface area contributed by atoms with Gasteiger partial charge in [0.05, 0.1) is 12.2 Å². The van der Waals surface area contributed by atoms with Crippen molar-refractivity contribution >= 4 is 34.6 Å². The van der Waals surface area contributed by atoms with E-state index in [1.807, 2.05) is 0 Å². The summed E-state index contributed by atoms with van der Waals surface area (Å²) in [6, 6.07) is 5.16. The lowest BCUT2D eigenvalue weighted by Crippen LogP contribution is -2.39. The van der Waals surface area contributed by atoms with Crippen molar-refractivity contribution in [3.8, 4) is 0 Å². The zero-order valence-electron chi connectivity index (χ0n) is 14.3. The van der Waals surface area contributed by atoms with Crippen LogP contribution in [0, 0.1) is 0 Å². The average molecular weight is 344 g/mol. The fourth-order valence-electron chi connectivity index (χ4n) is 2.81. The summed E-state index contributed by atoms with van der Waals surface area (Å²) < 4.78 is 10.7. The average Bonchev–Trinajstić information content (AvgIpc) is 2.88. The Morgan fingerprint density at radius 2 is 2.08 bits per heavy atom. The molecule has 1 aliphatic heterocycles. The number of carbonyl (C=O) groups excluding carboxylic acids is 3. The van der Waals surface area contributed by atoms with Gasteiger partial charge in [-0.2, -0.15) is 0 Å². The second-order valence-electron chi connectivity index (χ2n) is 7.03. The van der Waals surface area contributed by atoms with E-state index in [0.29, 0.717) is 29.7 Å². The molecule has 1 atom stereocenters. The molecule has 132 valence electrons. The van der Waals surface area contributed by atoms with Crippen molar-refractivity contribution in [1.82, 2.24) is 5.32 Å². The molecule has 0 saturated carbocycles. The van der Waals surface area contributed by atoms with E-state index in [4.69, 9.17) is 9.15 Å². The third-order valence-electron chi connectivity index (χ3n) is 3.86. The van der Waals surface area contributed by atoms with Gasteiger partial charge in [0, 0.05) is 23.1 Å². The molecule has 2 N–H and O–H groups in total. The Bertz CT molecular complexity index is 847. The Morgan fingerprint density at radius 3 is 2.76 bits per heavy atom. The van der Waals surface area contributed by atoms with Crippen molar-refractivity contribution in [1.29, 1.82) is 0 Å². The first-order valence-corrected chi connectivity index (χ1v) is 8.08. The third kappa shape index (κ3) is 3.81. The van der Waals surface area contributed by atoms with Gasteiger partial charge in [0.25, 0.3) is 0 Å². The Kier molecular flexibility index (Phi) is 4.24. The first-order valence-electron chi connectivity index (χ1n) is 8.08. The molecule has 1 aliphatic rings. The molecule has 1 saturated heterocycles. The lowest BCUT2D eigenvalue weighted by molar-refractivity contribution is -0.134. The summed E-state index contributed by atoms with van der Waals surface area (Å²) in [5, 5.41) is 5.74. The third-order valence-corrected chi connectivity index (χ3v) is 3.86. The van der Waals surface area contributed by atoms with E-state index in [9.17, 15) is 14.4 Å². The molecular weight excluding hydrogens is 324 g/mol. The molecule has 0 bridgehead atoms. The number of amides is 3. The van der Waals surface area contributed by atoms with Crippen molar-refractivity contribution in [2.75, 3.05) is 5.32 Å². The van der Waals surface area contributed by atoms with Crippen LogP contribution < -0.4 is 10.6 Å². The molecule has 0 spiro atoms. The molecule has 3 amide bonds. The number of anilines is 1. The Labute approximate surface area is 144 Å². The van der Waals surface area contributed by atoms with Gasteiger partial charge in [-0.15, -0.1) is 0 Å². The minimum absolute atomic E-state index is 0.263. The lowest BCUT2D eigenvalue weighted by Gasteiger charge is -2.20. The highest BCUT2D eigenvalue weighted by atomic mass is 16.6. The molecule has 0 aliphatic carbocycles. The van der Waals surface area contributed by atoms with Crippen molar-refractivity contribution in [2.45, 2.75) is 45.1 Å². The lowest BCUT2D eigenvalue weighted by atomic mass is 9.90. The van der Waals surface area contributed by atoms with Crippen molar-refractivity contribution in [2.24, 2.45) is 0 Å². The summed E-state index contributed by atoms with van der Waals surface area (Å²) in [4.78, 5) is 35.3. The molecule has 1 aromatic heterocycles. The summed E-state index contributed by atoms with van der Waals surface area (Å²) in [6.45, 7) is 5.35. The SMILES string of the molecule is CC(C)(C)OC(=O)Nc1ccc2occ(C3CCC(=O)NC3=O)c2c1. The molecule has 2 heterocycles. The normalized spacial score (nSPS) is 18.1. The molecule has 0 radical (unpaired) electrons. The highest BCUT2D eigenvalue weighted by Gasteiger charge is 2.30. The van der Waals surface area contributed by atoms with Crippen LogP contribution in [0.3, 0.4) is 0 Å². The van der Waals surface area contributed by atoms with Crippen LogP contribution in [0.2, 0.25) is 0 Å². The molecule has 7 nitrogen and oxygen atoms in total. The second-order valence-corrected chi connectivity index (χ2v) is 7.03. The molecular formula is C18H20N2O5. The van der Waals surface area contributed by atoms with E-state index in [-0.39, 0.29) is 11.8 Å². The number of furan rings is 1. The molecule has 1 unspecified atom stereocenters. The fraction of sp³-hybridized carbons (Fsp3) is 0.389. The zero-order chi connectivity index (χ0) is 18.2. The molecule has 1 fully saturated rings. The minimum atomic E-state index is -0.596. The van der Waals surface area contributed by atoms with Gasteiger partial charge in [-0.3, -0.25) is 20.2 Å². The van der Waals surface area contributed by atoms with Crippen molar-refractivity contribution in [3.05, 3.63) is 30.0 Å². The van der Waals surface area contributed by atoms with Gasteiger partial charge < -0.3 is 9.15 Å². The molecule has 3 rings (SSSR count). The number of ether oxygens (including phenoxy) is 1.